The number of thiocyanates is 1. The topological polar surface area (TPSA) is 23.8 Å². The molecule has 0 aromatic heterocycles. The summed E-state index contributed by atoms with van der Waals surface area (Å²) in [6, 6.07) is 7.55. The van der Waals surface area contributed by atoms with Crippen molar-refractivity contribution in [3.63, 3.8) is 0 Å². The van der Waals surface area contributed by atoms with E-state index in [2.05, 4.69) is 6.92 Å². The number of benzene rings is 1. The largest absolute Gasteiger partial charge is 0.185 e. The maximum atomic E-state index is 8.29. The first-order chi connectivity index (χ1) is 4.83. The Labute approximate surface area is 64.7 Å². The van der Waals surface area contributed by atoms with Gasteiger partial charge in [0.2, 0.25) is 0 Å². The van der Waals surface area contributed by atoms with E-state index in [0.29, 0.717) is 0 Å². The van der Waals surface area contributed by atoms with Gasteiger partial charge in [-0.1, -0.05) is 12.1 Å². The Hall–Kier alpha value is -0.940. The molecule has 0 aliphatic heterocycles. The molecule has 0 unspecified atom stereocenters. The third-order valence-corrected chi connectivity index (χ3v) is 1.69. The fourth-order valence-corrected chi connectivity index (χ4v) is 0.988. The predicted octanol–water partition coefficient (Wildman–Crippen LogP) is 2.44. The van der Waals surface area contributed by atoms with Crippen molar-refractivity contribution in [1.29, 1.82) is 5.26 Å². The van der Waals surface area contributed by atoms with Gasteiger partial charge in [-0.15, -0.1) is 0 Å². The van der Waals surface area contributed by atoms with Gasteiger partial charge in [-0.25, -0.2) is 0 Å². The van der Waals surface area contributed by atoms with Gasteiger partial charge in [-0.05, 0) is 36.4 Å². The summed E-state index contributed by atoms with van der Waals surface area (Å²) >= 11 is 1.16. The summed E-state index contributed by atoms with van der Waals surface area (Å²) in [6.07, 6.45) is 0. The third-order valence-electron chi connectivity index (χ3n) is 1.09. The van der Waals surface area contributed by atoms with Gasteiger partial charge in [0, 0.05) is 4.90 Å². The molecule has 0 aliphatic carbocycles. The minimum atomic E-state index is 0.968. The van der Waals surface area contributed by atoms with Crippen LogP contribution in [0.4, 0.5) is 0 Å². The van der Waals surface area contributed by atoms with Crippen LogP contribution in [0.1, 0.15) is 5.56 Å². The first-order valence-electron chi connectivity index (χ1n) is 2.81. The molecule has 0 heterocycles. The van der Waals surface area contributed by atoms with Gasteiger partial charge < -0.3 is 0 Å². The van der Waals surface area contributed by atoms with E-state index in [-0.39, 0.29) is 0 Å². The number of hydrogen-bond acceptors (Lipinski definition) is 2. The Morgan fingerprint density at radius 3 is 2.40 bits per heavy atom. The zero-order chi connectivity index (χ0) is 7.40. The number of thioether (sulfide) groups is 1. The van der Waals surface area contributed by atoms with E-state index >= 15 is 0 Å². The van der Waals surface area contributed by atoms with Gasteiger partial charge in [0.1, 0.15) is 5.40 Å². The second kappa shape index (κ2) is 3.28. The summed E-state index contributed by atoms with van der Waals surface area (Å²) in [7, 11) is 0. The van der Waals surface area contributed by atoms with Crippen LogP contribution in [0.3, 0.4) is 0 Å². The van der Waals surface area contributed by atoms with Crippen LogP contribution in [0.2, 0.25) is 0 Å². The molecule has 1 rings (SSSR count). The lowest BCUT2D eigenvalue weighted by Crippen LogP contribution is -1.70. The highest BCUT2D eigenvalue weighted by atomic mass is 32.2. The molecular formula is C8H6NS. The predicted molar refractivity (Wildman–Crippen MR) is 42.4 cm³/mol. The fourth-order valence-electron chi connectivity index (χ4n) is 0.610. The van der Waals surface area contributed by atoms with Gasteiger partial charge >= 0.3 is 0 Å². The van der Waals surface area contributed by atoms with Crippen LogP contribution in [-0.4, -0.2) is 0 Å². The van der Waals surface area contributed by atoms with Crippen molar-refractivity contribution in [2.75, 3.05) is 0 Å². The van der Waals surface area contributed by atoms with E-state index < -0.39 is 0 Å². The van der Waals surface area contributed by atoms with Crippen molar-refractivity contribution >= 4 is 11.8 Å². The molecule has 0 spiro atoms. The molecule has 49 valence electrons. The lowest BCUT2D eigenvalue weighted by Gasteiger charge is -1.92. The van der Waals surface area contributed by atoms with Gasteiger partial charge in [0.15, 0.2) is 0 Å². The first kappa shape index (κ1) is 7.17. The lowest BCUT2D eigenvalue weighted by molar-refractivity contribution is 1.44. The lowest BCUT2D eigenvalue weighted by atomic mass is 10.2. The molecular weight excluding hydrogens is 142 g/mol. The molecule has 10 heavy (non-hydrogen) atoms. The summed E-state index contributed by atoms with van der Waals surface area (Å²) < 4.78 is 0. The maximum Gasteiger partial charge on any atom is 0.138 e. The third kappa shape index (κ3) is 1.78. The van der Waals surface area contributed by atoms with Gasteiger partial charge in [-0.2, -0.15) is 5.26 Å². The van der Waals surface area contributed by atoms with E-state index in [9.17, 15) is 0 Å². The van der Waals surface area contributed by atoms with Crippen molar-refractivity contribution in [2.24, 2.45) is 0 Å². The molecule has 0 aliphatic rings. The SMILES string of the molecule is [CH2]c1ccc(SC#N)cc1. The monoisotopic (exact) mass is 148 g/mol. The molecule has 0 N–H and O–H groups in total. The van der Waals surface area contributed by atoms with E-state index in [1.165, 1.54) is 0 Å². The summed E-state index contributed by atoms with van der Waals surface area (Å²) in [5, 5.41) is 10.3. The Morgan fingerprint density at radius 2 is 1.90 bits per heavy atom. The number of rotatable bonds is 1. The van der Waals surface area contributed by atoms with Crippen molar-refractivity contribution in [3.05, 3.63) is 36.8 Å². The highest BCUT2D eigenvalue weighted by Gasteiger charge is 1.89. The molecule has 1 radical (unpaired) electrons. The number of hydrogen-bond donors (Lipinski definition) is 0. The normalized spacial score (nSPS) is 8.80. The zero-order valence-corrected chi connectivity index (χ0v) is 6.19. The molecule has 0 bridgehead atoms. The highest BCUT2D eigenvalue weighted by molar-refractivity contribution is 8.03. The minimum absolute atomic E-state index is 0.968. The molecule has 0 fully saturated rings. The van der Waals surface area contributed by atoms with Crippen molar-refractivity contribution in [3.8, 4) is 5.40 Å². The molecule has 0 saturated carbocycles. The molecule has 1 aromatic carbocycles. The van der Waals surface area contributed by atoms with Crippen LogP contribution in [0.15, 0.2) is 29.2 Å². The molecule has 0 atom stereocenters. The van der Waals surface area contributed by atoms with Crippen molar-refractivity contribution in [1.82, 2.24) is 0 Å². The van der Waals surface area contributed by atoms with Crippen molar-refractivity contribution in [2.45, 2.75) is 4.90 Å². The van der Waals surface area contributed by atoms with Crippen LogP contribution in [0, 0.1) is 17.6 Å². The summed E-state index contributed by atoms with van der Waals surface area (Å²) in [4.78, 5) is 0.968. The zero-order valence-electron chi connectivity index (χ0n) is 5.37. The van der Waals surface area contributed by atoms with Gasteiger partial charge in [0.25, 0.3) is 0 Å². The number of nitrogens with zero attached hydrogens (tertiary/aromatic N) is 1. The highest BCUT2D eigenvalue weighted by Crippen LogP contribution is 2.15. The first-order valence-corrected chi connectivity index (χ1v) is 3.62. The van der Waals surface area contributed by atoms with E-state index in [1.807, 2.05) is 29.7 Å². The standard InChI is InChI=1S/C8H6NS/c1-7-2-4-8(5-3-7)10-6-9/h2-5H,1H2. The second-order valence-electron chi connectivity index (χ2n) is 1.84. The molecule has 0 saturated heterocycles. The van der Waals surface area contributed by atoms with Crippen LogP contribution in [0.25, 0.3) is 0 Å². The summed E-state index contributed by atoms with van der Waals surface area (Å²) in [6.45, 7) is 3.73. The molecule has 2 heteroatoms. The minimum Gasteiger partial charge on any atom is -0.185 e. The average Bonchev–Trinajstić information content (AvgIpc) is 1.95. The molecule has 1 nitrogen and oxygen atoms in total. The Bertz CT molecular complexity index is 245. The molecule has 1 aromatic rings. The summed E-state index contributed by atoms with van der Waals surface area (Å²) in [5.74, 6) is 0. The van der Waals surface area contributed by atoms with E-state index in [1.54, 1.807) is 0 Å². The van der Waals surface area contributed by atoms with Crippen molar-refractivity contribution < 1.29 is 0 Å². The Kier molecular flexibility index (Phi) is 2.35. The fraction of sp³-hybridized carbons (Fsp3) is 0. The van der Waals surface area contributed by atoms with Crippen LogP contribution >= 0.6 is 11.8 Å². The smallest absolute Gasteiger partial charge is 0.138 e. The van der Waals surface area contributed by atoms with E-state index in [0.717, 1.165) is 22.2 Å². The number of nitriles is 1. The quantitative estimate of drug-likeness (QED) is 0.451. The van der Waals surface area contributed by atoms with Crippen LogP contribution in [0.5, 0.6) is 0 Å². The Balaban J connectivity index is 2.81. The summed E-state index contributed by atoms with van der Waals surface area (Å²) in [5.41, 5.74) is 0.974. The average molecular weight is 148 g/mol. The Morgan fingerprint density at radius 1 is 1.30 bits per heavy atom. The van der Waals surface area contributed by atoms with Crippen LogP contribution < -0.4 is 0 Å². The van der Waals surface area contributed by atoms with E-state index in [4.69, 9.17) is 5.26 Å². The van der Waals surface area contributed by atoms with Crippen LogP contribution in [-0.2, 0) is 0 Å². The van der Waals surface area contributed by atoms with Gasteiger partial charge in [0.05, 0.1) is 0 Å². The van der Waals surface area contributed by atoms with Gasteiger partial charge in [-0.3, -0.25) is 0 Å². The second-order valence-corrected chi connectivity index (χ2v) is 2.70. The molecule has 0 amide bonds. The maximum absolute atomic E-state index is 8.29.